The Morgan fingerprint density at radius 2 is 1.74 bits per heavy atom. The van der Waals surface area contributed by atoms with Gasteiger partial charge in [-0.05, 0) is 49.2 Å². The van der Waals surface area contributed by atoms with Crippen molar-refractivity contribution < 1.29 is 37.2 Å². The van der Waals surface area contributed by atoms with Gasteiger partial charge in [0.2, 0.25) is 11.2 Å². The van der Waals surface area contributed by atoms with Gasteiger partial charge in [0, 0.05) is 5.02 Å². The molecule has 1 fully saturated rings. The Kier molecular flexibility index (Phi) is 6.54. The van der Waals surface area contributed by atoms with E-state index in [9.17, 15) is 23.1 Å². The lowest BCUT2D eigenvalue weighted by atomic mass is 10.1. The molecule has 1 saturated heterocycles. The molecule has 1 aliphatic heterocycles. The number of halogens is 4. The lowest BCUT2D eigenvalue weighted by molar-refractivity contribution is -1.01. The van der Waals surface area contributed by atoms with Gasteiger partial charge in [-0.2, -0.15) is 13.2 Å². The van der Waals surface area contributed by atoms with Crippen molar-refractivity contribution in [3.05, 3.63) is 62.0 Å². The molecule has 0 aliphatic carbocycles. The van der Waals surface area contributed by atoms with Crippen molar-refractivity contribution >= 4 is 22.6 Å². The van der Waals surface area contributed by atoms with E-state index in [2.05, 4.69) is 7.05 Å². The summed E-state index contributed by atoms with van der Waals surface area (Å²) in [5, 5.41) is 10.8. The van der Waals surface area contributed by atoms with Gasteiger partial charge >= 0.3 is 6.18 Å². The Morgan fingerprint density at radius 3 is 2.32 bits per heavy atom. The number of fused-ring (bicyclic) bond motifs is 1. The number of aryl methyl sites for hydroxylation is 2. The Morgan fingerprint density at radius 1 is 1.12 bits per heavy atom. The standard InChI is InChI=1S/C24H24ClF3N2O4/c1-13-10-15(11-14(2)19(13)25)33-22-20(32)16-4-5-18(31)17(12-30-8-6-29(3)7-9-30)21(16)34-23(22)24(26,27)28/h4-5,10-11,31H,6-9,12H2,1-3H3/p+2. The summed E-state index contributed by atoms with van der Waals surface area (Å²) in [7, 11) is 2.08. The first-order chi connectivity index (χ1) is 16.0. The maximum absolute atomic E-state index is 14.0. The first kappa shape index (κ1) is 24.4. The number of likely N-dealkylation sites (N-methyl/N-ethyl adjacent to an activating group) is 1. The third kappa shape index (κ3) is 4.73. The Balaban J connectivity index is 1.85. The van der Waals surface area contributed by atoms with Crippen LogP contribution < -0.4 is 20.0 Å². The number of rotatable bonds is 4. The first-order valence-corrected chi connectivity index (χ1v) is 11.3. The maximum Gasteiger partial charge on any atom is 0.453 e. The number of piperazine rings is 1. The zero-order chi connectivity index (χ0) is 24.8. The summed E-state index contributed by atoms with van der Waals surface area (Å²) in [5.74, 6) is -2.66. The number of alkyl halides is 3. The zero-order valence-corrected chi connectivity index (χ0v) is 19.8. The van der Waals surface area contributed by atoms with Gasteiger partial charge in [-0.15, -0.1) is 0 Å². The Bertz CT molecular complexity index is 1280. The van der Waals surface area contributed by atoms with E-state index < -0.39 is 23.1 Å². The quantitative estimate of drug-likeness (QED) is 0.517. The molecule has 1 aromatic heterocycles. The van der Waals surface area contributed by atoms with Crippen molar-refractivity contribution in [3.8, 4) is 17.2 Å². The summed E-state index contributed by atoms with van der Waals surface area (Å²) in [5.41, 5.74) is 0.142. The highest BCUT2D eigenvalue weighted by atomic mass is 35.5. The molecule has 0 radical (unpaired) electrons. The van der Waals surface area contributed by atoms with Gasteiger partial charge in [0.25, 0.3) is 5.76 Å². The molecule has 1 aliphatic rings. The fraction of sp³-hybridized carbons (Fsp3) is 0.375. The molecule has 0 atom stereocenters. The van der Waals surface area contributed by atoms with Gasteiger partial charge < -0.3 is 24.1 Å². The number of phenols is 1. The van der Waals surface area contributed by atoms with Crippen LogP contribution in [0, 0.1) is 13.8 Å². The van der Waals surface area contributed by atoms with Crippen LogP contribution in [0.25, 0.3) is 11.0 Å². The van der Waals surface area contributed by atoms with E-state index >= 15 is 0 Å². The van der Waals surface area contributed by atoms with E-state index in [4.69, 9.17) is 20.8 Å². The first-order valence-electron chi connectivity index (χ1n) is 10.9. The topological polar surface area (TPSA) is 68.6 Å². The molecule has 3 aromatic rings. The van der Waals surface area contributed by atoms with Crippen LogP contribution in [-0.2, 0) is 12.7 Å². The summed E-state index contributed by atoms with van der Waals surface area (Å²) in [6.45, 7) is 6.99. The van der Waals surface area contributed by atoms with Crippen LogP contribution in [0.5, 0.6) is 17.2 Å². The third-order valence-corrected chi connectivity index (χ3v) is 6.82. The molecule has 0 unspecified atom stereocenters. The molecule has 10 heteroatoms. The second-order valence-electron chi connectivity index (χ2n) is 8.88. The van der Waals surface area contributed by atoms with Crippen LogP contribution in [0.2, 0.25) is 5.02 Å². The number of hydrogen-bond donors (Lipinski definition) is 3. The second kappa shape index (κ2) is 9.13. The fourth-order valence-electron chi connectivity index (χ4n) is 4.28. The highest BCUT2D eigenvalue weighted by molar-refractivity contribution is 6.32. The molecule has 4 rings (SSSR count). The second-order valence-corrected chi connectivity index (χ2v) is 9.26. The smallest absolute Gasteiger partial charge is 0.453 e. The number of phenolic OH excluding ortho intramolecular Hbond substituents is 1. The highest BCUT2D eigenvalue weighted by Gasteiger charge is 2.41. The number of aromatic hydroxyl groups is 1. The third-order valence-electron chi connectivity index (χ3n) is 6.22. The summed E-state index contributed by atoms with van der Waals surface area (Å²) < 4.78 is 52.8. The van der Waals surface area contributed by atoms with Crippen molar-refractivity contribution in [2.45, 2.75) is 26.6 Å². The van der Waals surface area contributed by atoms with Crippen LogP contribution in [0.1, 0.15) is 22.5 Å². The van der Waals surface area contributed by atoms with Gasteiger partial charge in [0.05, 0.1) is 18.0 Å². The van der Waals surface area contributed by atoms with E-state index in [0.717, 1.165) is 31.1 Å². The molecule has 0 saturated carbocycles. The molecular weight excluding hydrogens is 473 g/mol. The maximum atomic E-state index is 14.0. The largest absolute Gasteiger partial charge is 0.507 e. The van der Waals surface area contributed by atoms with Crippen molar-refractivity contribution in [2.24, 2.45) is 0 Å². The van der Waals surface area contributed by atoms with Crippen LogP contribution in [-0.4, -0.2) is 38.3 Å². The van der Waals surface area contributed by atoms with Crippen LogP contribution >= 0.6 is 11.6 Å². The monoisotopic (exact) mass is 498 g/mol. The summed E-state index contributed by atoms with van der Waals surface area (Å²) in [4.78, 5) is 15.7. The number of hydrogen-bond acceptors (Lipinski definition) is 4. The van der Waals surface area contributed by atoms with Crippen molar-refractivity contribution in [3.63, 3.8) is 0 Å². The average molecular weight is 499 g/mol. The molecular formula is C24H26ClF3N2O4+2. The predicted octanol–water partition coefficient (Wildman–Crippen LogP) is 2.49. The Labute approximate surface area is 199 Å². The van der Waals surface area contributed by atoms with Crippen LogP contribution in [0.15, 0.2) is 33.5 Å². The predicted molar refractivity (Wildman–Crippen MR) is 121 cm³/mol. The van der Waals surface area contributed by atoms with Gasteiger partial charge in [-0.3, -0.25) is 4.79 Å². The molecule has 2 aromatic carbocycles. The summed E-state index contributed by atoms with van der Waals surface area (Å²) in [6.07, 6.45) is -4.99. The fourth-order valence-corrected chi connectivity index (χ4v) is 4.39. The molecule has 0 bridgehead atoms. The highest BCUT2D eigenvalue weighted by Crippen LogP contribution is 2.40. The lowest BCUT2D eigenvalue weighted by Crippen LogP contribution is -3.26. The number of benzene rings is 2. The average Bonchev–Trinajstić information content (AvgIpc) is 2.76. The SMILES string of the molecule is Cc1cc(Oc2c(C(F)(F)F)oc3c(C[NH+]4CC[NH+](C)CC4)c(O)ccc3c2=O)cc(C)c1Cl. The van der Waals surface area contributed by atoms with E-state index in [1.165, 1.54) is 29.2 Å². The molecule has 3 N–H and O–H groups in total. The van der Waals surface area contributed by atoms with Crippen molar-refractivity contribution in [2.75, 3.05) is 33.2 Å². The normalized spacial score (nSPS) is 18.9. The molecule has 6 nitrogen and oxygen atoms in total. The van der Waals surface area contributed by atoms with Crippen molar-refractivity contribution in [1.29, 1.82) is 0 Å². The molecule has 182 valence electrons. The van der Waals surface area contributed by atoms with E-state index in [1.54, 1.807) is 13.8 Å². The zero-order valence-electron chi connectivity index (χ0n) is 19.0. The molecule has 0 spiro atoms. The van der Waals surface area contributed by atoms with E-state index in [0.29, 0.717) is 16.1 Å². The van der Waals surface area contributed by atoms with Crippen molar-refractivity contribution in [1.82, 2.24) is 0 Å². The number of quaternary nitrogens is 2. The minimum absolute atomic E-state index is 0.0416. The minimum Gasteiger partial charge on any atom is -0.507 e. The molecule has 2 heterocycles. The summed E-state index contributed by atoms with van der Waals surface area (Å²) >= 11 is 6.14. The van der Waals surface area contributed by atoms with Gasteiger partial charge in [-0.1, -0.05) is 11.6 Å². The van der Waals surface area contributed by atoms with Crippen LogP contribution in [0.3, 0.4) is 0 Å². The molecule has 0 amide bonds. The van der Waals surface area contributed by atoms with Gasteiger partial charge in [0.15, 0.2) is 5.58 Å². The Hall–Kier alpha value is -2.75. The minimum atomic E-state index is -4.99. The number of ether oxygens (including phenoxy) is 1. The van der Waals surface area contributed by atoms with E-state index in [-0.39, 0.29) is 34.6 Å². The van der Waals surface area contributed by atoms with E-state index in [1.807, 2.05) is 0 Å². The van der Waals surface area contributed by atoms with Gasteiger partial charge in [0.1, 0.15) is 44.2 Å². The van der Waals surface area contributed by atoms with Crippen LogP contribution in [0.4, 0.5) is 13.2 Å². The lowest BCUT2D eigenvalue weighted by Gasteiger charge is -2.27. The number of nitrogens with one attached hydrogen (secondary N) is 2. The molecule has 34 heavy (non-hydrogen) atoms. The van der Waals surface area contributed by atoms with Gasteiger partial charge in [-0.25, -0.2) is 0 Å². The summed E-state index contributed by atoms with van der Waals surface area (Å²) in [6, 6.07) is 5.48.